The van der Waals surface area contributed by atoms with Crippen LogP contribution in [0.5, 0.6) is 11.5 Å². The number of nitrogens with one attached hydrogen (secondary N) is 1. The van der Waals surface area contributed by atoms with Gasteiger partial charge in [0.25, 0.3) is 0 Å². The second kappa shape index (κ2) is 9.18. The number of hydrogen-bond donors (Lipinski definition) is 1. The molecule has 0 saturated carbocycles. The Morgan fingerprint density at radius 1 is 1.06 bits per heavy atom. The minimum atomic E-state index is 0.460. The highest BCUT2D eigenvalue weighted by Crippen LogP contribution is 2.33. The minimum Gasteiger partial charge on any atom is -0.497 e. The maximum absolute atomic E-state index is 5.49. The van der Waals surface area contributed by atoms with Crippen LogP contribution in [0.25, 0.3) is 16.7 Å². The van der Waals surface area contributed by atoms with Gasteiger partial charge in [0.1, 0.15) is 28.7 Å². The van der Waals surface area contributed by atoms with Crippen molar-refractivity contribution in [2.75, 3.05) is 26.2 Å². The fourth-order valence-electron chi connectivity index (χ4n) is 3.73. The zero-order valence-electron chi connectivity index (χ0n) is 19.1. The van der Waals surface area contributed by atoms with E-state index in [2.05, 4.69) is 20.1 Å². The van der Waals surface area contributed by atoms with Gasteiger partial charge in [-0.2, -0.15) is 5.10 Å². The van der Waals surface area contributed by atoms with E-state index in [0.717, 1.165) is 22.8 Å². The summed E-state index contributed by atoms with van der Waals surface area (Å²) < 4.78 is 11.0. The Kier molecular flexibility index (Phi) is 5.77. The number of allylic oxidation sites excluding steroid dienone is 1. The summed E-state index contributed by atoms with van der Waals surface area (Å²) in [7, 11) is 5.14. The molecule has 4 aromatic rings. The number of ether oxygens (including phenoxy) is 2. The maximum atomic E-state index is 5.49. The molecule has 1 aliphatic heterocycles. The van der Waals surface area contributed by atoms with Crippen LogP contribution < -0.4 is 14.4 Å². The molecule has 0 amide bonds. The molecule has 0 fully saturated rings. The van der Waals surface area contributed by atoms with E-state index in [9.17, 15) is 0 Å². The van der Waals surface area contributed by atoms with Crippen LogP contribution in [0.15, 0.2) is 60.2 Å². The van der Waals surface area contributed by atoms with Crippen LogP contribution in [0.2, 0.25) is 0 Å². The summed E-state index contributed by atoms with van der Waals surface area (Å²) in [4.78, 5) is 23.8. The number of anilines is 2. The van der Waals surface area contributed by atoms with Gasteiger partial charge in [-0.05, 0) is 12.1 Å². The Labute approximate surface area is 196 Å². The summed E-state index contributed by atoms with van der Waals surface area (Å²) in [5, 5.41) is 5.99. The van der Waals surface area contributed by atoms with Gasteiger partial charge in [0.2, 0.25) is 0 Å². The summed E-state index contributed by atoms with van der Waals surface area (Å²) in [6.45, 7) is 0.460. The number of pyridine rings is 1. The maximum Gasteiger partial charge on any atom is 0.180 e. The second-order valence-corrected chi connectivity index (χ2v) is 7.69. The number of nitrogens with zero attached hydrogens (tertiary/aromatic N) is 7. The number of H-pyrrole nitrogens is 1. The molecule has 1 aromatic carbocycles. The molecule has 1 N–H and O–H groups in total. The predicted molar refractivity (Wildman–Crippen MR) is 130 cm³/mol. The Hall–Kier alpha value is -4.47. The van der Waals surface area contributed by atoms with Crippen molar-refractivity contribution in [2.45, 2.75) is 13.0 Å². The lowest BCUT2D eigenvalue weighted by Crippen LogP contribution is -2.19. The van der Waals surface area contributed by atoms with Gasteiger partial charge < -0.3 is 19.4 Å². The van der Waals surface area contributed by atoms with Gasteiger partial charge in [0.05, 0.1) is 38.3 Å². The fraction of sp³-hybridized carbons (Fsp3) is 0.208. The van der Waals surface area contributed by atoms with Gasteiger partial charge in [-0.1, -0.05) is 0 Å². The minimum absolute atomic E-state index is 0.460. The molecule has 34 heavy (non-hydrogen) atoms. The van der Waals surface area contributed by atoms with Crippen LogP contribution in [0.3, 0.4) is 0 Å². The number of methoxy groups -OCH3 is 2. The normalized spacial score (nSPS) is 13.1. The first-order valence-corrected chi connectivity index (χ1v) is 10.7. The number of aromatic nitrogens is 5. The highest BCUT2D eigenvalue weighted by Gasteiger charge is 2.17. The number of imidazole rings is 1. The van der Waals surface area contributed by atoms with Crippen LogP contribution in [0, 0.1) is 0 Å². The number of rotatable bonds is 7. The highest BCUT2D eigenvalue weighted by atomic mass is 16.5. The Bertz CT molecular complexity index is 1340. The number of aromatic amines is 1. The molecule has 3 aromatic heterocycles. The molecule has 0 radical (unpaired) electrons. The SMILES string of the molecule is COc1cc(OC)cc(N(Cc2ncc[nH]2)c2ccc3ncc(C4=CN(C)N=CC4)nc3n2)c1. The lowest BCUT2D eigenvalue weighted by molar-refractivity contribution is 0.394. The van der Waals surface area contributed by atoms with Gasteiger partial charge in [0, 0.05) is 62.0 Å². The summed E-state index contributed by atoms with van der Waals surface area (Å²) in [5.41, 5.74) is 3.92. The zero-order chi connectivity index (χ0) is 23.5. The first-order valence-electron chi connectivity index (χ1n) is 10.7. The molecule has 10 heteroatoms. The molecule has 4 heterocycles. The lowest BCUT2D eigenvalue weighted by atomic mass is 10.1. The third kappa shape index (κ3) is 4.38. The van der Waals surface area contributed by atoms with Gasteiger partial charge in [-0.15, -0.1) is 0 Å². The summed E-state index contributed by atoms with van der Waals surface area (Å²) in [6, 6.07) is 9.54. The van der Waals surface area contributed by atoms with E-state index in [1.54, 1.807) is 37.8 Å². The first-order chi connectivity index (χ1) is 16.6. The molecule has 0 unspecified atom stereocenters. The number of hydrogen-bond acceptors (Lipinski definition) is 9. The zero-order valence-corrected chi connectivity index (χ0v) is 19.1. The van der Waals surface area contributed by atoms with E-state index < -0.39 is 0 Å². The molecule has 0 atom stereocenters. The van der Waals surface area contributed by atoms with E-state index in [-0.39, 0.29) is 0 Å². The van der Waals surface area contributed by atoms with Crippen molar-refractivity contribution >= 4 is 34.5 Å². The monoisotopic (exact) mass is 456 g/mol. The van der Waals surface area contributed by atoms with E-state index in [4.69, 9.17) is 19.4 Å². The van der Waals surface area contributed by atoms with Gasteiger partial charge in [-0.3, -0.25) is 9.99 Å². The van der Waals surface area contributed by atoms with Crippen molar-refractivity contribution in [1.29, 1.82) is 0 Å². The molecule has 0 aliphatic carbocycles. The molecule has 0 spiro atoms. The van der Waals surface area contributed by atoms with Crippen molar-refractivity contribution in [2.24, 2.45) is 5.10 Å². The summed E-state index contributed by atoms with van der Waals surface area (Å²) >= 11 is 0. The van der Waals surface area contributed by atoms with Crippen LogP contribution in [-0.4, -0.2) is 57.4 Å². The van der Waals surface area contributed by atoms with Crippen LogP contribution in [-0.2, 0) is 6.54 Å². The van der Waals surface area contributed by atoms with Crippen LogP contribution in [0.4, 0.5) is 11.5 Å². The van der Waals surface area contributed by atoms with E-state index in [1.807, 2.05) is 54.7 Å². The molecule has 0 bridgehead atoms. The van der Waals surface area contributed by atoms with Gasteiger partial charge in [0.15, 0.2) is 5.65 Å². The fourth-order valence-corrected chi connectivity index (χ4v) is 3.73. The molecule has 10 nitrogen and oxygen atoms in total. The van der Waals surface area contributed by atoms with Crippen LogP contribution in [0.1, 0.15) is 17.9 Å². The lowest BCUT2D eigenvalue weighted by Gasteiger charge is -2.24. The third-order valence-electron chi connectivity index (χ3n) is 5.43. The van der Waals surface area contributed by atoms with Gasteiger partial charge >= 0.3 is 0 Å². The Balaban J connectivity index is 1.59. The molecule has 5 rings (SSSR count). The van der Waals surface area contributed by atoms with Crippen molar-refractivity contribution in [3.63, 3.8) is 0 Å². The van der Waals surface area contributed by atoms with Crippen molar-refractivity contribution in [1.82, 2.24) is 29.9 Å². The molecular formula is C24H24N8O2. The Morgan fingerprint density at radius 3 is 2.59 bits per heavy atom. The quantitative estimate of drug-likeness (QED) is 0.448. The number of fused-ring (bicyclic) bond motifs is 1. The first kappa shape index (κ1) is 21.4. The number of hydrazone groups is 1. The third-order valence-corrected chi connectivity index (χ3v) is 5.43. The molecule has 0 saturated heterocycles. The van der Waals surface area contributed by atoms with E-state index in [0.29, 0.717) is 41.4 Å². The smallest absolute Gasteiger partial charge is 0.180 e. The predicted octanol–water partition coefficient (Wildman–Crippen LogP) is 3.77. The number of benzene rings is 1. The standard InChI is InChI=1S/C24H24N8O2/c1-31-14-16(6-7-28-31)21-13-27-20-4-5-23(30-24(20)29-21)32(15-22-25-8-9-26-22)17-10-18(33-2)12-19(11-17)34-3/h4-5,7-14H,6,15H2,1-3H3,(H,25,26). The van der Waals surface area contributed by atoms with Gasteiger partial charge in [-0.25, -0.2) is 15.0 Å². The van der Waals surface area contributed by atoms with E-state index >= 15 is 0 Å². The average Bonchev–Trinajstić information content (AvgIpc) is 3.39. The molecular weight excluding hydrogens is 432 g/mol. The highest BCUT2D eigenvalue weighted by molar-refractivity contribution is 5.82. The molecule has 172 valence electrons. The largest absolute Gasteiger partial charge is 0.497 e. The summed E-state index contributed by atoms with van der Waals surface area (Å²) in [6.07, 6.45) is 9.79. The topological polar surface area (TPSA) is 105 Å². The second-order valence-electron chi connectivity index (χ2n) is 7.69. The van der Waals surface area contributed by atoms with Crippen molar-refractivity contribution in [3.8, 4) is 11.5 Å². The Morgan fingerprint density at radius 2 is 1.88 bits per heavy atom. The van der Waals surface area contributed by atoms with Crippen molar-refractivity contribution < 1.29 is 9.47 Å². The van der Waals surface area contributed by atoms with Crippen LogP contribution >= 0.6 is 0 Å². The van der Waals surface area contributed by atoms with Crippen molar-refractivity contribution in [3.05, 3.63) is 66.6 Å². The average molecular weight is 457 g/mol. The van der Waals surface area contributed by atoms with E-state index in [1.165, 1.54) is 0 Å². The molecule has 1 aliphatic rings. The summed E-state index contributed by atoms with van der Waals surface area (Å²) in [5.74, 6) is 2.84.